The summed E-state index contributed by atoms with van der Waals surface area (Å²) in [5, 5.41) is 11.1. The van der Waals surface area contributed by atoms with Crippen LogP contribution in [0.3, 0.4) is 0 Å². The molecule has 1 unspecified atom stereocenters. The van der Waals surface area contributed by atoms with Crippen molar-refractivity contribution in [3.8, 4) is 11.3 Å². The van der Waals surface area contributed by atoms with Gasteiger partial charge in [-0.2, -0.15) is 18.3 Å². The first-order chi connectivity index (χ1) is 15.3. The standard InChI is InChI=1S/C22H15ClF3N3O2S/c23-17-7-2-1-4-13(17)11-19-20(30)28-21(32-19)29-27-12-16-8-9-18(31-16)14-5-3-6-15(10-14)22(24,25)26/h1-10,12,19H,11H2,(H,28,29,30)/b27-12+. The van der Waals surface area contributed by atoms with Gasteiger partial charge in [0.2, 0.25) is 5.91 Å². The number of amides is 1. The van der Waals surface area contributed by atoms with E-state index in [0.29, 0.717) is 27.9 Å². The Kier molecular flexibility index (Phi) is 6.38. The van der Waals surface area contributed by atoms with Gasteiger partial charge in [-0.3, -0.25) is 4.79 Å². The second-order valence-electron chi connectivity index (χ2n) is 6.82. The van der Waals surface area contributed by atoms with E-state index >= 15 is 0 Å². The summed E-state index contributed by atoms with van der Waals surface area (Å²) in [6.07, 6.45) is -2.66. The van der Waals surface area contributed by atoms with Gasteiger partial charge in [0.15, 0.2) is 5.17 Å². The maximum atomic E-state index is 12.9. The van der Waals surface area contributed by atoms with Crippen LogP contribution < -0.4 is 5.32 Å². The first-order valence-electron chi connectivity index (χ1n) is 9.39. The summed E-state index contributed by atoms with van der Waals surface area (Å²) in [6, 6.07) is 15.3. The molecule has 4 rings (SSSR count). The smallest absolute Gasteiger partial charge is 0.416 e. The van der Waals surface area contributed by atoms with Crippen LogP contribution in [0.5, 0.6) is 0 Å². The number of alkyl halides is 3. The van der Waals surface area contributed by atoms with Crippen molar-refractivity contribution in [2.45, 2.75) is 17.8 Å². The molecule has 1 aliphatic heterocycles. The van der Waals surface area contributed by atoms with Crippen LogP contribution in [0.1, 0.15) is 16.9 Å². The largest absolute Gasteiger partial charge is 0.455 e. The number of nitrogens with zero attached hydrogens (tertiary/aromatic N) is 2. The Bertz CT molecular complexity index is 1210. The third kappa shape index (κ3) is 5.23. The van der Waals surface area contributed by atoms with Crippen LogP contribution in [0.2, 0.25) is 5.02 Å². The van der Waals surface area contributed by atoms with Crippen LogP contribution in [0, 0.1) is 0 Å². The highest BCUT2D eigenvalue weighted by atomic mass is 35.5. The fourth-order valence-corrected chi connectivity index (χ4v) is 4.18. The van der Waals surface area contributed by atoms with E-state index in [-0.39, 0.29) is 16.9 Å². The lowest BCUT2D eigenvalue weighted by molar-refractivity contribution is -0.137. The second-order valence-corrected chi connectivity index (χ2v) is 8.42. The number of benzene rings is 2. The van der Waals surface area contributed by atoms with Crippen molar-refractivity contribution >= 4 is 40.7 Å². The van der Waals surface area contributed by atoms with Crippen molar-refractivity contribution in [3.05, 3.63) is 82.6 Å². The van der Waals surface area contributed by atoms with Crippen LogP contribution in [0.15, 0.2) is 75.3 Å². The molecule has 1 saturated heterocycles. The number of carbonyl (C=O) groups excluding carboxylic acids is 1. The molecule has 1 fully saturated rings. The van der Waals surface area contributed by atoms with Crippen molar-refractivity contribution in [3.63, 3.8) is 0 Å². The minimum absolute atomic E-state index is 0.186. The van der Waals surface area contributed by atoms with Crippen molar-refractivity contribution in [2.24, 2.45) is 10.2 Å². The molecule has 0 bridgehead atoms. The first kappa shape index (κ1) is 22.2. The molecule has 0 radical (unpaired) electrons. The third-order valence-corrected chi connectivity index (χ3v) is 6.02. The number of halogens is 4. The van der Waals surface area contributed by atoms with E-state index in [4.69, 9.17) is 16.0 Å². The minimum atomic E-state index is -4.43. The highest BCUT2D eigenvalue weighted by Crippen LogP contribution is 2.32. The molecule has 1 aromatic heterocycles. The van der Waals surface area contributed by atoms with E-state index in [1.807, 2.05) is 18.2 Å². The van der Waals surface area contributed by atoms with Gasteiger partial charge in [-0.1, -0.05) is 53.7 Å². The number of amidine groups is 1. The molecular weight excluding hydrogens is 463 g/mol. The maximum absolute atomic E-state index is 12.9. The topological polar surface area (TPSA) is 67.0 Å². The number of hydrogen-bond donors (Lipinski definition) is 1. The average molecular weight is 478 g/mol. The zero-order valence-electron chi connectivity index (χ0n) is 16.3. The predicted molar refractivity (Wildman–Crippen MR) is 119 cm³/mol. The van der Waals surface area contributed by atoms with Crippen LogP contribution in [0.25, 0.3) is 11.3 Å². The summed E-state index contributed by atoms with van der Waals surface area (Å²) >= 11 is 7.40. The molecule has 1 aliphatic rings. The average Bonchev–Trinajstić information content (AvgIpc) is 3.36. The Hall–Kier alpha value is -3.04. The van der Waals surface area contributed by atoms with Crippen molar-refractivity contribution in [1.82, 2.24) is 5.32 Å². The van der Waals surface area contributed by atoms with Gasteiger partial charge in [-0.05, 0) is 42.3 Å². The molecule has 0 aliphatic carbocycles. The summed E-state index contributed by atoms with van der Waals surface area (Å²) in [5.74, 6) is 0.394. The van der Waals surface area contributed by atoms with E-state index in [0.717, 1.165) is 17.7 Å². The maximum Gasteiger partial charge on any atom is 0.416 e. The Labute approximate surface area is 190 Å². The van der Waals surface area contributed by atoms with E-state index < -0.39 is 11.7 Å². The molecule has 32 heavy (non-hydrogen) atoms. The van der Waals surface area contributed by atoms with Gasteiger partial charge in [0.25, 0.3) is 0 Å². The van der Waals surface area contributed by atoms with Crippen LogP contribution in [-0.4, -0.2) is 22.5 Å². The fourth-order valence-electron chi connectivity index (χ4n) is 3.01. The molecule has 0 spiro atoms. The molecule has 1 atom stereocenters. The summed E-state index contributed by atoms with van der Waals surface area (Å²) in [5.41, 5.74) is 0.407. The molecule has 3 aromatic rings. The van der Waals surface area contributed by atoms with E-state index in [1.165, 1.54) is 30.1 Å². The van der Waals surface area contributed by atoms with Crippen molar-refractivity contribution < 1.29 is 22.4 Å². The molecular formula is C22H15ClF3N3O2S. The lowest BCUT2D eigenvalue weighted by atomic mass is 10.1. The molecule has 10 heteroatoms. The lowest BCUT2D eigenvalue weighted by Gasteiger charge is -2.07. The second kappa shape index (κ2) is 9.22. The van der Waals surface area contributed by atoms with E-state index in [1.54, 1.807) is 18.2 Å². The van der Waals surface area contributed by atoms with Gasteiger partial charge >= 0.3 is 6.18 Å². The first-order valence-corrected chi connectivity index (χ1v) is 10.6. The van der Waals surface area contributed by atoms with Crippen LogP contribution in [0.4, 0.5) is 13.2 Å². The molecule has 2 aromatic carbocycles. The van der Waals surface area contributed by atoms with Crippen molar-refractivity contribution in [2.75, 3.05) is 0 Å². The Morgan fingerprint density at radius 3 is 2.72 bits per heavy atom. The Balaban J connectivity index is 1.41. The third-order valence-electron chi connectivity index (χ3n) is 4.57. The molecule has 1 N–H and O–H groups in total. The van der Waals surface area contributed by atoms with Crippen LogP contribution >= 0.6 is 23.4 Å². The highest BCUT2D eigenvalue weighted by molar-refractivity contribution is 8.15. The SMILES string of the molecule is O=C1N/C(=N\N=C\c2ccc(-c3cccc(C(F)(F)F)c3)o2)SC1Cc1ccccc1Cl. The van der Waals surface area contributed by atoms with Gasteiger partial charge in [0, 0.05) is 10.6 Å². The van der Waals surface area contributed by atoms with Crippen molar-refractivity contribution in [1.29, 1.82) is 0 Å². The number of thioether (sulfide) groups is 1. The molecule has 164 valence electrons. The minimum Gasteiger partial charge on any atom is -0.455 e. The Morgan fingerprint density at radius 2 is 1.94 bits per heavy atom. The summed E-state index contributed by atoms with van der Waals surface area (Å²) in [4.78, 5) is 12.2. The molecule has 2 heterocycles. The summed E-state index contributed by atoms with van der Waals surface area (Å²) in [7, 11) is 0. The molecule has 0 saturated carbocycles. The number of hydrogen-bond acceptors (Lipinski definition) is 5. The van der Waals surface area contributed by atoms with Gasteiger partial charge in [-0.15, -0.1) is 5.10 Å². The van der Waals surface area contributed by atoms with Gasteiger partial charge in [0.1, 0.15) is 11.5 Å². The number of furan rings is 1. The van der Waals surface area contributed by atoms with E-state index in [2.05, 4.69) is 15.5 Å². The highest BCUT2D eigenvalue weighted by Gasteiger charge is 2.31. The number of rotatable bonds is 5. The lowest BCUT2D eigenvalue weighted by Crippen LogP contribution is -2.26. The monoisotopic (exact) mass is 477 g/mol. The van der Waals surface area contributed by atoms with E-state index in [9.17, 15) is 18.0 Å². The predicted octanol–water partition coefficient (Wildman–Crippen LogP) is 5.78. The zero-order valence-corrected chi connectivity index (χ0v) is 17.8. The fraction of sp³-hybridized carbons (Fsp3) is 0.136. The summed E-state index contributed by atoms with van der Waals surface area (Å²) < 4.78 is 44.2. The quantitative estimate of drug-likeness (QED) is 0.374. The number of carbonyl (C=O) groups is 1. The zero-order chi connectivity index (χ0) is 22.7. The van der Waals surface area contributed by atoms with Gasteiger partial charge in [-0.25, -0.2) is 0 Å². The van der Waals surface area contributed by atoms with Gasteiger partial charge < -0.3 is 9.73 Å². The molecule has 1 amide bonds. The van der Waals surface area contributed by atoms with Gasteiger partial charge in [0.05, 0.1) is 17.0 Å². The van der Waals surface area contributed by atoms with Crippen LogP contribution in [-0.2, 0) is 17.4 Å². The molecule has 5 nitrogen and oxygen atoms in total. The summed E-state index contributed by atoms with van der Waals surface area (Å²) in [6.45, 7) is 0. The Morgan fingerprint density at radius 1 is 1.12 bits per heavy atom. The normalized spacial score (nSPS) is 17.9. The number of nitrogens with one attached hydrogen (secondary N) is 1.